The number of hydrogen-bond acceptors (Lipinski definition) is 4. The molecule has 0 unspecified atom stereocenters. The van der Waals surface area contributed by atoms with Gasteiger partial charge in [-0.25, -0.2) is 4.79 Å². The van der Waals surface area contributed by atoms with Crippen LogP contribution in [0.15, 0.2) is 42.7 Å². The highest BCUT2D eigenvalue weighted by Gasteiger charge is 2.31. The molecule has 1 aromatic heterocycles. The quantitative estimate of drug-likeness (QED) is 0.936. The molecule has 2 aromatic rings. The summed E-state index contributed by atoms with van der Waals surface area (Å²) in [5.74, 6) is -1.47. The van der Waals surface area contributed by atoms with Crippen molar-refractivity contribution < 1.29 is 32.5 Å². The lowest BCUT2D eigenvalue weighted by atomic mass is 10.2. The zero-order valence-electron chi connectivity index (χ0n) is 10.3. The molecule has 0 saturated carbocycles. The van der Waals surface area contributed by atoms with E-state index in [1.807, 2.05) is 0 Å². The van der Waals surface area contributed by atoms with Crippen molar-refractivity contribution in [1.82, 2.24) is 4.98 Å². The van der Waals surface area contributed by atoms with E-state index in [9.17, 15) is 18.0 Å². The average molecular weight is 299 g/mol. The molecule has 110 valence electrons. The third-order valence-corrected chi connectivity index (χ3v) is 2.30. The zero-order valence-corrected chi connectivity index (χ0v) is 10.3. The maximum Gasteiger partial charge on any atom is 0.573 e. The van der Waals surface area contributed by atoms with Crippen molar-refractivity contribution in [2.24, 2.45) is 0 Å². The normalized spacial score (nSPS) is 11.0. The van der Waals surface area contributed by atoms with Crippen molar-refractivity contribution in [3.63, 3.8) is 0 Å². The number of rotatable bonds is 4. The van der Waals surface area contributed by atoms with Gasteiger partial charge in [0.1, 0.15) is 17.1 Å². The molecule has 21 heavy (non-hydrogen) atoms. The molecular formula is C13H8F3NO4. The topological polar surface area (TPSA) is 68.7 Å². The van der Waals surface area contributed by atoms with Gasteiger partial charge in [0.2, 0.25) is 0 Å². The van der Waals surface area contributed by atoms with E-state index in [-0.39, 0.29) is 17.1 Å². The predicted octanol–water partition coefficient (Wildman–Crippen LogP) is 3.47. The maximum absolute atomic E-state index is 12.0. The maximum atomic E-state index is 12.0. The number of nitrogens with zero attached hydrogens (tertiary/aromatic N) is 1. The Labute approximate surface area is 116 Å². The van der Waals surface area contributed by atoms with Crippen molar-refractivity contribution in [2.45, 2.75) is 6.36 Å². The molecule has 1 heterocycles. The van der Waals surface area contributed by atoms with E-state index in [0.29, 0.717) is 0 Å². The van der Waals surface area contributed by atoms with E-state index in [1.165, 1.54) is 30.6 Å². The van der Waals surface area contributed by atoms with Crippen LogP contribution in [0, 0.1) is 0 Å². The van der Waals surface area contributed by atoms with E-state index in [4.69, 9.17) is 9.84 Å². The SMILES string of the molecule is O=C(O)c1ccncc1Oc1ccc(OC(F)(F)F)cc1. The summed E-state index contributed by atoms with van der Waals surface area (Å²) in [5, 5.41) is 8.96. The standard InChI is InChI=1S/C13H8F3NO4/c14-13(15,16)21-9-3-1-8(2-4-9)20-11-7-17-6-5-10(11)12(18)19/h1-7H,(H,18,19). The smallest absolute Gasteiger partial charge is 0.478 e. The molecular weight excluding hydrogens is 291 g/mol. The minimum absolute atomic E-state index is 0.0190. The molecule has 0 spiro atoms. The first-order valence-electron chi connectivity index (χ1n) is 5.56. The van der Waals surface area contributed by atoms with Gasteiger partial charge in [0.05, 0.1) is 6.20 Å². The van der Waals surface area contributed by atoms with Crippen LogP contribution in [0.4, 0.5) is 13.2 Å². The summed E-state index contributed by atoms with van der Waals surface area (Å²) >= 11 is 0. The molecule has 5 nitrogen and oxygen atoms in total. The molecule has 0 bridgehead atoms. The number of halogens is 3. The number of aromatic carboxylic acids is 1. The Balaban J connectivity index is 2.16. The minimum Gasteiger partial charge on any atom is -0.478 e. The van der Waals surface area contributed by atoms with Crippen LogP contribution >= 0.6 is 0 Å². The molecule has 0 radical (unpaired) electrons. The molecule has 1 aromatic carbocycles. The monoisotopic (exact) mass is 299 g/mol. The van der Waals surface area contributed by atoms with Crippen molar-refractivity contribution in [2.75, 3.05) is 0 Å². The molecule has 0 amide bonds. The van der Waals surface area contributed by atoms with E-state index in [1.54, 1.807) is 0 Å². The van der Waals surface area contributed by atoms with Crippen molar-refractivity contribution in [3.8, 4) is 17.2 Å². The fourth-order valence-electron chi connectivity index (χ4n) is 1.47. The molecule has 0 aliphatic heterocycles. The third kappa shape index (κ3) is 4.10. The fraction of sp³-hybridized carbons (Fsp3) is 0.0769. The summed E-state index contributed by atoms with van der Waals surface area (Å²) in [4.78, 5) is 14.7. The fourth-order valence-corrected chi connectivity index (χ4v) is 1.47. The summed E-state index contributed by atoms with van der Waals surface area (Å²) in [7, 11) is 0. The molecule has 0 fully saturated rings. The summed E-state index contributed by atoms with van der Waals surface area (Å²) in [5.41, 5.74) is -0.111. The Hall–Kier alpha value is -2.77. The Morgan fingerprint density at radius 3 is 2.29 bits per heavy atom. The molecule has 0 aliphatic carbocycles. The van der Waals surface area contributed by atoms with E-state index in [0.717, 1.165) is 12.1 Å². The van der Waals surface area contributed by atoms with Crippen molar-refractivity contribution in [1.29, 1.82) is 0 Å². The molecule has 8 heteroatoms. The van der Waals surface area contributed by atoms with Gasteiger partial charge in [-0.3, -0.25) is 4.98 Å². The molecule has 2 rings (SSSR count). The Morgan fingerprint density at radius 2 is 1.71 bits per heavy atom. The lowest BCUT2D eigenvalue weighted by molar-refractivity contribution is -0.274. The van der Waals surface area contributed by atoms with Gasteiger partial charge in [0.15, 0.2) is 5.75 Å². The molecule has 0 atom stereocenters. The second kappa shape index (κ2) is 5.70. The Morgan fingerprint density at radius 1 is 1.10 bits per heavy atom. The van der Waals surface area contributed by atoms with Crippen LogP contribution in [0.1, 0.15) is 10.4 Å². The summed E-state index contributed by atoms with van der Waals surface area (Å²) in [6.07, 6.45) is -2.29. The first-order valence-corrected chi connectivity index (χ1v) is 5.56. The highest BCUT2D eigenvalue weighted by molar-refractivity contribution is 5.90. The van der Waals surface area contributed by atoms with Gasteiger partial charge in [0.25, 0.3) is 0 Å². The van der Waals surface area contributed by atoms with Crippen LogP contribution < -0.4 is 9.47 Å². The number of ether oxygens (including phenoxy) is 2. The second-order valence-electron chi connectivity index (χ2n) is 3.80. The zero-order chi connectivity index (χ0) is 15.5. The molecule has 1 N–H and O–H groups in total. The largest absolute Gasteiger partial charge is 0.573 e. The van der Waals surface area contributed by atoms with Crippen molar-refractivity contribution in [3.05, 3.63) is 48.3 Å². The highest BCUT2D eigenvalue weighted by Crippen LogP contribution is 2.28. The van der Waals surface area contributed by atoms with Gasteiger partial charge in [0, 0.05) is 6.20 Å². The van der Waals surface area contributed by atoms with Crippen LogP contribution in [-0.4, -0.2) is 22.4 Å². The van der Waals surface area contributed by atoms with Crippen molar-refractivity contribution >= 4 is 5.97 Å². The first-order chi connectivity index (χ1) is 9.85. The average Bonchev–Trinajstić information content (AvgIpc) is 2.40. The number of carboxylic acids is 1. The predicted molar refractivity (Wildman–Crippen MR) is 64.4 cm³/mol. The van der Waals surface area contributed by atoms with E-state index >= 15 is 0 Å². The number of pyridine rings is 1. The minimum atomic E-state index is -4.78. The Kier molecular flexibility index (Phi) is 3.97. The summed E-state index contributed by atoms with van der Waals surface area (Å²) < 4.78 is 45.0. The van der Waals surface area contributed by atoms with Gasteiger partial charge in [-0.15, -0.1) is 13.2 Å². The number of aromatic nitrogens is 1. The summed E-state index contributed by atoms with van der Waals surface area (Å²) in [6.45, 7) is 0. The summed E-state index contributed by atoms with van der Waals surface area (Å²) in [6, 6.07) is 5.80. The number of hydrogen-bond donors (Lipinski definition) is 1. The van der Waals surface area contributed by atoms with Crippen LogP contribution in [0.3, 0.4) is 0 Å². The van der Waals surface area contributed by atoms with Gasteiger partial charge in [-0.05, 0) is 30.3 Å². The second-order valence-corrected chi connectivity index (χ2v) is 3.80. The van der Waals surface area contributed by atoms with Gasteiger partial charge >= 0.3 is 12.3 Å². The van der Waals surface area contributed by atoms with Crippen LogP contribution in [0.25, 0.3) is 0 Å². The highest BCUT2D eigenvalue weighted by atomic mass is 19.4. The molecule has 0 saturated heterocycles. The van der Waals surface area contributed by atoms with Gasteiger partial charge in [-0.2, -0.15) is 0 Å². The van der Waals surface area contributed by atoms with Crippen LogP contribution in [-0.2, 0) is 0 Å². The third-order valence-electron chi connectivity index (χ3n) is 2.30. The lowest BCUT2D eigenvalue weighted by Gasteiger charge is -2.10. The number of carboxylic acid groups (broad SMARTS) is 1. The number of benzene rings is 1. The molecule has 0 aliphatic rings. The van der Waals surface area contributed by atoms with Gasteiger partial charge in [-0.1, -0.05) is 0 Å². The van der Waals surface area contributed by atoms with Crippen LogP contribution in [0.2, 0.25) is 0 Å². The van der Waals surface area contributed by atoms with E-state index < -0.39 is 18.1 Å². The van der Waals surface area contributed by atoms with Crippen LogP contribution in [0.5, 0.6) is 17.2 Å². The number of carbonyl (C=O) groups is 1. The van der Waals surface area contributed by atoms with Gasteiger partial charge < -0.3 is 14.6 Å². The lowest BCUT2D eigenvalue weighted by Crippen LogP contribution is -2.16. The Bertz CT molecular complexity index is 641. The van der Waals surface area contributed by atoms with E-state index in [2.05, 4.69) is 9.72 Å². The number of alkyl halides is 3. The first kappa shape index (κ1) is 14.6.